The standard InChI is InChI=1S/C26H32N4O3S/c1-5-15-29(25(31)28-20(2)3)18-24-16-27-26(30(24)17-22-12-7-6-8-13-22)34(32,33)19-23-14-10-9-11-21(23)4/h5-14,16,20H,1,15,17-19H2,2-4H3,(H,28,31). The highest BCUT2D eigenvalue weighted by atomic mass is 32.2. The van der Waals surface area contributed by atoms with E-state index in [0.717, 1.165) is 16.7 Å². The Morgan fingerprint density at radius 1 is 1.15 bits per heavy atom. The van der Waals surface area contributed by atoms with E-state index in [4.69, 9.17) is 0 Å². The van der Waals surface area contributed by atoms with Gasteiger partial charge in [-0.1, -0.05) is 60.7 Å². The number of hydrogen-bond acceptors (Lipinski definition) is 4. The van der Waals surface area contributed by atoms with E-state index in [9.17, 15) is 13.2 Å². The number of hydrogen-bond donors (Lipinski definition) is 1. The van der Waals surface area contributed by atoms with Crippen LogP contribution >= 0.6 is 0 Å². The van der Waals surface area contributed by atoms with Gasteiger partial charge in [-0.2, -0.15) is 0 Å². The molecule has 0 bridgehead atoms. The third-order valence-electron chi connectivity index (χ3n) is 5.37. The number of benzene rings is 2. The van der Waals surface area contributed by atoms with Crippen molar-refractivity contribution >= 4 is 15.9 Å². The van der Waals surface area contributed by atoms with Crippen molar-refractivity contribution < 1.29 is 13.2 Å². The van der Waals surface area contributed by atoms with Crippen LogP contribution in [-0.4, -0.2) is 41.5 Å². The number of carbonyl (C=O) groups is 1. The van der Waals surface area contributed by atoms with Crippen LogP contribution in [0.2, 0.25) is 0 Å². The SMILES string of the molecule is C=CCN(Cc1cnc(S(=O)(=O)Cc2ccccc2C)n1Cc1ccccc1)C(=O)NC(C)C. The molecule has 2 amide bonds. The second-order valence-electron chi connectivity index (χ2n) is 8.56. The first kappa shape index (κ1) is 25.2. The Morgan fingerprint density at radius 3 is 2.47 bits per heavy atom. The molecular weight excluding hydrogens is 448 g/mol. The summed E-state index contributed by atoms with van der Waals surface area (Å²) in [5.41, 5.74) is 3.22. The summed E-state index contributed by atoms with van der Waals surface area (Å²) in [6.45, 7) is 10.3. The maximum absolute atomic E-state index is 13.5. The highest BCUT2D eigenvalue weighted by Crippen LogP contribution is 2.22. The Morgan fingerprint density at radius 2 is 1.82 bits per heavy atom. The zero-order valence-electron chi connectivity index (χ0n) is 19.9. The Bertz CT molecular complexity index is 1230. The molecule has 3 aromatic rings. The second kappa shape index (κ2) is 11.2. The van der Waals surface area contributed by atoms with Crippen molar-refractivity contribution in [1.82, 2.24) is 19.8 Å². The summed E-state index contributed by atoms with van der Waals surface area (Å²) >= 11 is 0. The fourth-order valence-corrected chi connectivity index (χ4v) is 5.25. The second-order valence-corrected chi connectivity index (χ2v) is 10.4. The molecular formula is C26H32N4O3S. The molecule has 3 rings (SSSR count). The van der Waals surface area contributed by atoms with E-state index in [1.54, 1.807) is 21.7 Å². The van der Waals surface area contributed by atoms with Gasteiger partial charge in [0.25, 0.3) is 0 Å². The van der Waals surface area contributed by atoms with Crippen molar-refractivity contribution in [3.05, 3.63) is 95.8 Å². The van der Waals surface area contributed by atoms with Gasteiger partial charge in [-0.05, 0) is 37.5 Å². The summed E-state index contributed by atoms with van der Waals surface area (Å²) in [7, 11) is -3.74. The molecule has 1 aromatic heterocycles. The molecule has 180 valence electrons. The Kier molecular flexibility index (Phi) is 8.28. The maximum atomic E-state index is 13.5. The van der Waals surface area contributed by atoms with Crippen LogP contribution in [0, 0.1) is 6.92 Å². The zero-order chi connectivity index (χ0) is 24.7. The number of aromatic nitrogens is 2. The third kappa shape index (κ3) is 6.35. The Labute approximate surface area is 202 Å². The van der Waals surface area contributed by atoms with Crippen molar-refractivity contribution in [1.29, 1.82) is 0 Å². The smallest absolute Gasteiger partial charge is 0.318 e. The molecule has 0 saturated heterocycles. The van der Waals surface area contributed by atoms with Crippen molar-refractivity contribution in [3.8, 4) is 0 Å². The van der Waals surface area contributed by atoms with Crippen LogP contribution in [0.15, 0.2) is 78.6 Å². The van der Waals surface area contributed by atoms with Gasteiger partial charge in [0.1, 0.15) is 0 Å². The molecule has 7 nitrogen and oxygen atoms in total. The van der Waals surface area contributed by atoms with Gasteiger partial charge in [-0.25, -0.2) is 18.2 Å². The van der Waals surface area contributed by atoms with Gasteiger partial charge in [-0.3, -0.25) is 0 Å². The first-order valence-electron chi connectivity index (χ1n) is 11.2. The van der Waals surface area contributed by atoms with Gasteiger partial charge >= 0.3 is 6.03 Å². The molecule has 1 N–H and O–H groups in total. The van der Waals surface area contributed by atoms with Crippen LogP contribution in [-0.2, 0) is 28.7 Å². The van der Waals surface area contributed by atoms with Crippen LogP contribution in [0.4, 0.5) is 4.79 Å². The van der Waals surface area contributed by atoms with Crippen LogP contribution in [0.1, 0.15) is 36.2 Å². The fourth-order valence-electron chi connectivity index (χ4n) is 3.65. The van der Waals surface area contributed by atoms with E-state index in [0.29, 0.717) is 18.8 Å². The van der Waals surface area contributed by atoms with Crippen molar-refractivity contribution in [3.63, 3.8) is 0 Å². The highest BCUT2D eigenvalue weighted by molar-refractivity contribution is 7.90. The van der Waals surface area contributed by atoms with Gasteiger partial charge in [-0.15, -0.1) is 6.58 Å². The molecule has 0 spiro atoms. The monoisotopic (exact) mass is 480 g/mol. The normalized spacial score (nSPS) is 11.4. The quantitative estimate of drug-likeness (QED) is 0.438. The molecule has 0 aliphatic carbocycles. The zero-order valence-corrected chi connectivity index (χ0v) is 20.8. The fraction of sp³-hybridized carbons (Fsp3) is 0.308. The summed E-state index contributed by atoms with van der Waals surface area (Å²) in [5, 5.41) is 2.88. The number of urea groups is 1. The molecule has 0 aliphatic rings. The summed E-state index contributed by atoms with van der Waals surface area (Å²) in [6.07, 6.45) is 3.19. The molecule has 8 heteroatoms. The average Bonchev–Trinajstić information content (AvgIpc) is 3.18. The first-order valence-corrected chi connectivity index (χ1v) is 12.9. The molecule has 0 saturated carbocycles. The summed E-state index contributed by atoms with van der Waals surface area (Å²) in [5.74, 6) is -0.144. The first-order chi connectivity index (χ1) is 16.2. The van der Waals surface area contributed by atoms with E-state index in [2.05, 4.69) is 16.9 Å². The van der Waals surface area contributed by atoms with Gasteiger partial charge in [0.15, 0.2) is 0 Å². The van der Waals surface area contributed by atoms with E-state index >= 15 is 0 Å². The number of carbonyl (C=O) groups excluding carboxylic acids is 1. The van der Waals surface area contributed by atoms with Crippen LogP contribution in [0.25, 0.3) is 0 Å². The van der Waals surface area contributed by atoms with Gasteiger partial charge in [0.05, 0.1) is 30.7 Å². The minimum Gasteiger partial charge on any atom is -0.336 e. The van der Waals surface area contributed by atoms with Crippen molar-refractivity contribution in [2.45, 2.75) is 50.8 Å². The van der Waals surface area contributed by atoms with Gasteiger partial charge in [0.2, 0.25) is 15.0 Å². The number of amides is 2. The highest BCUT2D eigenvalue weighted by Gasteiger charge is 2.26. The number of nitrogens with zero attached hydrogens (tertiary/aromatic N) is 3. The lowest BCUT2D eigenvalue weighted by Crippen LogP contribution is -2.43. The summed E-state index contributed by atoms with van der Waals surface area (Å²) in [4.78, 5) is 18.6. The van der Waals surface area contributed by atoms with Crippen molar-refractivity contribution in [2.24, 2.45) is 0 Å². The molecule has 1 heterocycles. The van der Waals surface area contributed by atoms with Crippen molar-refractivity contribution in [2.75, 3.05) is 6.54 Å². The number of rotatable bonds is 10. The number of nitrogens with one attached hydrogen (secondary N) is 1. The molecule has 2 aromatic carbocycles. The van der Waals surface area contributed by atoms with E-state index < -0.39 is 9.84 Å². The summed E-state index contributed by atoms with van der Waals surface area (Å²) < 4.78 is 28.6. The summed E-state index contributed by atoms with van der Waals surface area (Å²) in [6, 6.07) is 16.8. The van der Waals surface area contributed by atoms with Gasteiger partial charge in [0, 0.05) is 12.6 Å². The van der Waals surface area contributed by atoms with E-state index in [1.807, 2.05) is 75.4 Å². The number of sulfone groups is 1. The molecule has 0 radical (unpaired) electrons. The average molecular weight is 481 g/mol. The molecule has 0 unspecified atom stereocenters. The minimum atomic E-state index is -3.74. The van der Waals surface area contributed by atoms with E-state index in [-0.39, 0.29) is 29.5 Å². The lowest BCUT2D eigenvalue weighted by atomic mass is 10.1. The number of imidazole rings is 1. The van der Waals surface area contributed by atoms with Gasteiger partial charge < -0.3 is 14.8 Å². The Balaban J connectivity index is 2.01. The van der Waals surface area contributed by atoms with E-state index in [1.165, 1.54) is 0 Å². The van der Waals surface area contributed by atoms with Crippen LogP contribution in [0.3, 0.4) is 0 Å². The molecule has 0 atom stereocenters. The lowest BCUT2D eigenvalue weighted by Gasteiger charge is -2.24. The minimum absolute atomic E-state index is 0.00238. The topological polar surface area (TPSA) is 84.3 Å². The molecule has 0 aliphatic heterocycles. The predicted octanol–water partition coefficient (Wildman–Crippen LogP) is 4.32. The maximum Gasteiger partial charge on any atom is 0.318 e. The predicted molar refractivity (Wildman–Crippen MR) is 134 cm³/mol. The molecule has 34 heavy (non-hydrogen) atoms. The van der Waals surface area contributed by atoms with Crippen LogP contribution in [0.5, 0.6) is 0 Å². The van der Waals surface area contributed by atoms with Crippen LogP contribution < -0.4 is 5.32 Å². The Hall–Kier alpha value is -3.39. The largest absolute Gasteiger partial charge is 0.336 e. The molecule has 0 fully saturated rings. The lowest BCUT2D eigenvalue weighted by molar-refractivity contribution is 0.197. The number of aryl methyl sites for hydroxylation is 1. The third-order valence-corrected chi connectivity index (χ3v) is 6.94.